The van der Waals surface area contributed by atoms with E-state index in [1.807, 2.05) is 49.1 Å². The highest BCUT2D eigenvalue weighted by molar-refractivity contribution is 7.99. The summed E-state index contributed by atoms with van der Waals surface area (Å²) in [5.41, 5.74) is 0.911. The van der Waals surface area contributed by atoms with Gasteiger partial charge in [0.1, 0.15) is 0 Å². The van der Waals surface area contributed by atoms with Crippen LogP contribution in [0.3, 0.4) is 0 Å². The van der Waals surface area contributed by atoms with E-state index in [-0.39, 0.29) is 29.6 Å². The fourth-order valence-corrected chi connectivity index (χ4v) is 3.97. The lowest BCUT2D eigenvalue weighted by Crippen LogP contribution is -2.48. The Morgan fingerprint density at radius 1 is 1.27 bits per heavy atom. The van der Waals surface area contributed by atoms with Crippen LogP contribution in [0.5, 0.6) is 0 Å². The molecule has 1 aliphatic heterocycles. The van der Waals surface area contributed by atoms with E-state index in [2.05, 4.69) is 10.2 Å². The molecule has 0 unspecified atom stereocenters. The minimum atomic E-state index is -0.246. The topological polar surface area (TPSA) is 80.2 Å². The van der Waals surface area contributed by atoms with E-state index in [4.69, 9.17) is 4.74 Å². The monoisotopic (exact) mass is 376 g/mol. The molecule has 1 fully saturated rings. The number of H-pyrrole nitrogens is 1. The summed E-state index contributed by atoms with van der Waals surface area (Å²) in [6, 6.07) is 9.98. The van der Waals surface area contributed by atoms with E-state index >= 15 is 0 Å². The molecule has 1 N–H and O–H groups in total. The van der Waals surface area contributed by atoms with Gasteiger partial charge in [-0.15, -0.1) is 5.10 Å². The van der Waals surface area contributed by atoms with Crippen molar-refractivity contribution in [3.8, 4) is 0 Å². The molecule has 7 nitrogen and oxygen atoms in total. The third kappa shape index (κ3) is 4.76. The Morgan fingerprint density at radius 3 is 2.65 bits per heavy atom. The largest absolute Gasteiger partial charge is 0.372 e. The summed E-state index contributed by atoms with van der Waals surface area (Å²) in [6.45, 7) is 5.67. The first-order chi connectivity index (χ1) is 12.5. The summed E-state index contributed by atoms with van der Waals surface area (Å²) in [4.78, 5) is 26.3. The van der Waals surface area contributed by atoms with E-state index in [0.717, 1.165) is 12.0 Å². The van der Waals surface area contributed by atoms with E-state index in [1.165, 1.54) is 11.8 Å². The first-order valence-corrected chi connectivity index (χ1v) is 9.76. The average Bonchev–Trinajstić information content (AvgIpc) is 2.97. The highest BCUT2D eigenvalue weighted by Crippen LogP contribution is 2.17. The quantitative estimate of drug-likeness (QED) is 0.774. The van der Waals surface area contributed by atoms with Crippen LogP contribution >= 0.6 is 11.8 Å². The van der Waals surface area contributed by atoms with Gasteiger partial charge >= 0.3 is 5.69 Å². The zero-order chi connectivity index (χ0) is 18.5. The molecule has 1 aliphatic rings. The van der Waals surface area contributed by atoms with Crippen LogP contribution in [0.2, 0.25) is 0 Å². The molecule has 26 heavy (non-hydrogen) atoms. The molecule has 2 heterocycles. The van der Waals surface area contributed by atoms with Crippen molar-refractivity contribution < 1.29 is 9.53 Å². The number of aromatic amines is 1. The molecule has 0 bridgehead atoms. The summed E-state index contributed by atoms with van der Waals surface area (Å²) >= 11 is 1.30. The molecule has 3 rings (SSSR count). The van der Waals surface area contributed by atoms with Gasteiger partial charge in [0.05, 0.1) is 18.0 Å². The lowest BCUT2D eigenvalue weighted by Gasteiger charge is -2.35. The Labute approximate surface area is 156 Å². The third-order valence-electron chi connectivity index (χ3n) is 4.29. The highest BCUT2D eigenvalue weighted by atomic mass is 32.2. The number of morpholine rings is 1. The molecule has 8 heteroatoms. The summed E-state index contributed by atoms with van der Waals surface area (Å²) in [5.74, 6) is 0.303. The maximum absolute atomic E-state index is 12.5. The number of hydrogen-bond donors (Lipinski definition) is 1. The van der Waals surface area contributed by atoms with Crippen molar-refractivity contribution in [1.29, 1.82) is 0 Å². The van der Waals surface area contributed by atoms with Crippen LogP contribution in [-0.4, -0.2) is 56.6 Å². The smallest absolute Gasteiger partial charge is 0.343 e. The number of nitrogens with one attached hydrogen (secondary N) is 1. The molecule has 0 spiro atoms. The van der Waals surface area contributed by atoms with Crippen molar-refractivity contribution in [2.45, 2.75) is 44.2 Å². The highest BCUT2D eigenvalue weighted by Gasteiger charge is 2.26. The zero-order valence-corrected chi connectivity index (χ0v) is 15.9. The number of thioether (sulfide) groups is 1. The molecule has 1 amide bonds. The second kappa shape index (κ2) is 8.55. The summed E-state index contributed by atoms with van der Waals surface area (Å²) in [5, 5.41) is 7.10. The molecule has 0 aliphatic carbocycles. The van der Waals surface area contributed by atoms with Gasteiger partial charge in [-0.2, -0.15) is 0 Å². The Bertz CT molecular complexity index is 779. The van der Waals surface area contributed by atoms with Gasteiger partial charge in [-0.1, -0.05) is 42.1 Å². The molecule has 1 saturated heterocycles. The van der Waals surface area contributed by atoms with Crippen LogP contribution in [0.1, 0.15) is 19.4 Å². The van der Waals surface area contributed by atoms with Crippen molar-refractivity contribution in [2.24, 2.45) is 0 Å². The lowest BCUT2D eigenvalue weighted by atomic mass is 10.1. The molecule has 2 aromatic rings. The molecule has 0 saturated carbocycles. The van der Waals surface area contributed by atoms with E-state index in [1.54, 1.807) is 4.57 Å². The Morgan fingerprint density at radius 2 is 1.96 bits per heavy atom. The molecule has 1 aromatic heterocycles. The van der Waals surface area contributed by atoms with Crippen molar-refractivity contribution >= 4 is 17.7 Å². The molecular weight excluding hydrogens is 352 g/mol. The van der Waals surface area contributed by atoms with Crippen LogP contribution in [0.4, 0.5) is 0 Å². The van der Waals surface area contributed by atoms with Crippen molar-refractivity contribution in [3.05, 3.63) is 46.4 Å². The van der Waals surface area contributed by atoms with Gasteiger partial charge in [0, 0.05) is 19.6 Å². The lowest BCUT2D eigenvalue weighted by molar-refractivity contribution is -0.140. The van der Waals surface area contributed by atoms with Gasteiger partial charge in [-0.05, 0) is 25.8 Å². The fourth-order valence-electron chi connectivity index (χ4n) is 3.10. The van der Waals surface area contributed by atoms with Gasteiger partial charge in [0.25, 0.3) is 0 Å². The maximum Gasteiger partial charge on any atom is 0.343 e. The predicted molar refractivity (Wildman–Crippen MR) is 100 cm³/mol. The first-order valence-electron chi connectivity index (χ1n) is 8.78. The number of benzene rings is 1. The number of hydrogen-bond acceptors (Lipinski definition) is 5. The van der Waals surface area contributed by atoms with Crippen LogP contribution < -0.4 is 5.69 Å². The number of nitrogens with zero attached hydrogens (tertiary/aromatic N) is 3. The second-order valence-corrected chi connectivity index (χ2v) is 7.49. The Balaban J connectivity index is 1.58. The molecule has 1 aromatic carbocycles. The second-order valence-electron chi connectivity index (χ2n) is 6.54. The van der Waals surface area contributed by atoms with Crippen molar-refractivity contribution in [2.75, 3.05) is 18.8 Å². The minimum Gasteiger partial charge on any atom is -0.372 e. The number of amides is 1. The fraction of sp³-hybridized carbons (Fsp3) is 0.500. The van der Waals surface area contributed by atoms with Crippen LogP contribution in [0.25, 0.3) is 0 Å². The molecule has 2 atom stereocenters. The number of ether oxygens (including phenoxy) is 1. The summed E-state index contributed by atoms with van der Waals surface area (Å²) < 4.78 is 7.26. The molecular formula is C18H24N4O3S. The van der Waals surface area contributed by atoms with E-state index in [0.29, 0.717) is 24.8 Å². The number of rotatable bonds is 6. The zero-order valence-electron chi connectivity index (χ0n) is 15.1. The van der Waals surface area contributed by atoms with Gasteiger partial charge in [-0.25, -0.2) is 9.89 Å². The molecule has 140 valence electrons. The number of carbonyl (C=O) groups excluding carboxylic acids is 1. The van der Waals surface area contributed by atoms with Crippen molar-refractivity contribution in [3.63, 3.8) is 0 Å². The van der Waals surface area contributed by atoms with Crippen LogP contribution in [0, 0.1) is 0 Å². The van der Waals surface area contributed by atoms with Crippen molar-refractivity contribution in [1.82, 2.24) is 19.7 Å². The minimum absolute atomic E-state index is 0.0436. The number of carbonyl (C=O) groups is 1. The average molecular weight is 376 g/mol. The SMILES string of the molecule is C[C@@H]1CN(C(=O)CSc2n[nH]c(=O)n2CCc2ccccc2)C[C@H](C)O1. The Kier molecular flexibility index (Phi) is 6.16. The van der Waals surface area contributed by atoms with Crippen LogP contribution in [-0.2, 0) is 22.5 Å². The summed E-state index contributed by atoms with van der Waals surface area (Å²) in [6.07, 6.45) is 0.824. The van der Waals surface area contributed by atoms with Gasteiger partial charge in [0.2, 0.25) is 5.91 Å². The number of aryl methyl sites for hydroxylation is 1. The van der Waals surface area contributed by atoms with Crippen LogP contribution in [0.15, 0.2) is 40.3 Å². The molecule has 0 radical (unpaired) electrons. The third-order valence-corrected chi connectivity index (χ3v) is 5.25. The van der Waals surface area contributed by atoms with E-state index < -0.39 is 0 Å². The predicted octanol–water partition coefficient (Wildman–Crippen LogP) is 1.54. The van der Waals surface area contributed by atoms with E-state index in [9.17, 15) is 9.59 Å². The normalized spacial score (nSPS) is 20.3. The summed E-state index contributed by atoms with van der Waals surface area (Å²) in [7, 11) is 0. The Hall–Kier alpha value is -2.06. The first kappa shape index (κ1) is 18.7. The van der Waals surface area contributed by atoms with Gasteiger partial charge < -0.3 is 9.64 Å². The maximum atomic E-state index is 12.5. The standard InChI is InChI=1S/C18H24N4O3S/c1-13-10-21(11-14(2)25-13)16(23)12-26-18-20-19-17(24)22(18)9-8-15-6-4-3-5-7-15/h3-7,13-14H,8-12H2,1-2H3,(H,19,24)/t13-,14+. The van der Waals surface area contributed by atoms with Gasteiger partial charge in [-0.3, -0.25) is 9.36 Å². The number of aromatic nitrogens is 3. The van der Waals surface area contributed by atoms with Gasteiger partial charge in [0.15, 0.2) is 5.16 Å².